The maximum Gasteiger partial charge on any atom is 0.242 e. The van der Waals surface area contributed by atoms with Crippen molar-refractivity contribution in [2.45, 2.75) is 33.6 Å². The molecular formula is C21H42N6O5. The molecule has 0 spiro atoms. The summed E-state index contributed by atoms with van der Waals surface area (Å²) in [6.45, 7) is 6.12. The fourth-order valence-electron chi connectivity index (χ4n) is 2.14. The topological polar surface area (TPSA) is 128 Å². The van der Waals surface area contributed by atoms with E-state index in [0.717, 1.165) is 0 Å². The lowest BCUT2D eigenvalue weighted by molar-refractivity contribution is -0.144. The molecule has 0 aromatic carbocycles. The Balaban J connectivity index is 0. The van der Waals surface area contributed by atoms with E-state index in [9.17, 15) is 24.0 Å². The number of nitrogens with two attached hydrogens (primary N) is 1. The highest BCUT2D eigenvalue weighted by Gasteiger charge is 2.22. The summed E-state index contributed by atoms with van der Waals surface area (Å²) >= 11 is 0. The summed E-state index contributed by atoms with van der Waals surface area (Å²) in [5.41, 5.74) is 5.32. The molecule has 32 heavy (non-hydrogen) atoms. The van der Waals surface area contributed by atoms with E-state index >= 15 is 0 Å². The van der Waals surface area contributed by atoms with Crippen LogP contribution in [-0.2, 0) is 24.0 Å². The molecule has 0 rings (SSSR count). The standard InChI is InChI=1S/C18H34N6O5.C3H8/c1-7-20(2)15(26)10-22(4)17(28)12-24(6)18(29)13-23(5)16(27)11-21(3)14(25)8-9-19;1-3-2/h7-13,19H2,1-6H3;3H2,1-2H3. The van der Waals surface area contributed by atoms with Crippen molar-refractivity contribution < 1.29 is 24.0 Å². The van der Waals surface area contributed by atoms with Crippen LogP contribution in [-0.4, -0.2) is 129 Å². The molecule has 11 nitrogen and oxygen atoms in total. The SMILES string of the molecule is CCC.CCN(C)C(=O)CN(C)C(=O)CN(C)C(=O)CN(C)C(=O)CN(C)C(=O)CCN. The number of hydrogen-bond donors (Lipinski definition) is 1. The average Bonchev–Trinajstić information content (AvgIpc) is 2.73. The van der Waals surface area contributed by atoms with Gasteiger partial charge >= 0.3 is 0 Å². The van der Waals surface area contributed by atoms with Gasteiger partial charge in [0.25, 0.3) is 0 Å². The van der Waals surface area contributed by atoms with Crippen molar-refractivity contribution in [1.82, 2.24) is 24.5 Å². The zero-order valence-corrected chi connectivity index (χ0v) is 21.0. The molecule has 0 saturated heterocycles. The number of rotatable bonds is 11. The van der Waals surface area contributed by atoms with Gasteiger partial charge in [0.1, 0.15) is 0 Å². The van der Waals surface area contributed by atoms with Crippen molar-refractivity contribution in [3.05, 3.63) is 0 Å². The minimum Gasteiger partial charge on any atom is -0.345 e. The van der Waals surface area contributed by atoms with Gasteiger partial charge < -0.3 is 30.2 Å². The Bertz CT molecular complexity index is 628. The molecule has 0 aromatic rings. The molecule has 0 aromatic heterocycles. The van der Waals surface area contributed by atoms with Gasteiger partial charge in [-0.15, -0.1) is 0 Å². The van der Waals surface area contributed by atoms with Crippen LogP contribution >= 0.6 is 0 Å². The van der Waals surface area contributed by atoms with E-state index in [1.165, 1.54) is 59.1 Å². The van der Waals surface area contributed by atoms with E-state index in [1.807, 2.05) is 6.92 Å². The number of likely N-dealkylation sites (N-methyl/N-ethyl adjacent to an activating group) is 5. The fourth-order valence-corrected chi connectivity index (χ4v) is 2.14. The molecule has 0 fully saturated rings. The van der Waals surface area contributed by atoms with Crippen LogP contribution < -0.4 is 5.73 Å². The predicted octanol–water partition coefficient (Wildman–Crippen LogP) is -0.937. The normalized spacial score (nSPS) is 9.78. The Kier molecular flexibility index (Phi) is 16.7. The second-order valence-corrected chi connectivity index (χ2v) is 7.65. The molecule has 2 N–H and O–H groups in total. The summed E-state index contributed by atoms with van der Waals surface area (Å²) in [6.07, 6.45) is 1.39. The summed E-state index contributed by atoms with van der Waals surface area (Å²) in [4.78, 5) is 66.7. The molecule has 0 atom stereocenters. The molecular weight excluding hydrogens is 416 g/mol. The van der Waals surface area contributed by atoms with E-state index < -0.39 is 11.8 Å². The Labute approximate surface area is 192 Å². The van der Waals surface area contributed by atoms with Crippen molar-refractivity contribution in [3.8, 4) is 0 Å². The van der Waals surface area contributed by atoms with Crippen LogP contribution in [0.5, 0.6) is 0 Å². The molecule has 5 amide bonds. The molecule has 186 valence electrons. The highest BCUT2D eigenvalue weighted by atomic mass is 16.2. The maximum absolute atomic E-state index is 12.3. The lowest BCUT2D eigenvalue weighted by Crippen LogP contribution is -2.47. The number of amides is 5. The van der Waals surface area contributed by atoms with Crippen molar-refractivity contribution in [1.29, 1.82) is 0 Å². The summed E-state index contributed by atoms with van der Waals surface area (Å²) in [7, 11) is 7.52. The van der Waals surface area contributed by atoms with Crippen molar-refractivity contribution in [2.75, 3.05) is 74.5 Å². The summed E-state index contributed by atoms with van der Waals surface area (Å²) in [5.74, 6) is -1.68. The smallest absolute Gasteiger partial charge is 0.242 e. The van der Waals surface area contributed by atoms with Gasteiger partial charge in [-0.25, -0.2) is 0 Å². The first kappa shape index (κ1) is 31.5. The van der Waals surface area contributed by atoms with E-state index in [1.54, 1.807) is 7.05 Å². The Morgan fingerprint density at radius 3 is 1.03 bits per heavy atom. The van der Waals surface area contributed by atoms with Gasteiger partial charge in [0, 0.05) is 54.7 Å². The van der Waals surface area contributed by atoms with E-state index in [2.05, 4.69) is 13.8 Å². The van der Waals surface area contributed by atoms with Crippen LogP contribution in [0.4, 0.5) is 0 Å². The van der Waals surface area contributed by atoms with Gasteiger partial charge in [0.2, 0.25) is 29.5 Å². The molecule has 11 heteroatoms. The largest absolute Gasteiger partial charge is 0.345 e. The Morgan fingerprint density at radius 1 is 0.531 bits per heavy atom. The van der Waals surface area contributed by atoms with Gasteiger partial charge in [-0.2, -0.15) is 0 Å². The number of carbonyl (C=O) groups is 5. The van der Waals surface area contributed by atoms with Gasteiger partial charge in [0.15, 0.2) is 0 Å². The van der Waals surface area contributed by atoms with E-state index in [-0.39, 0.29) is 56.9 Å². The van der Waals surface area contributed by atoms with Crippen LogP contribution in [0, 0.1) is 0 Å². The monoisotopic (exact) mass is 458 g/mol. The third-order valence-corrected chi connectivity index (χ3v) is 4.45. The van der Waals surface area contributed by atoms with Gasteiger partial charge in [0.05, 0.1) is 26.2 Å². The molecule has 0 heterocycles. The summed E-state index contributed by atoms with van der Waals surface area (Å²) in [6, 6.07) is 0. The number of hydrogen-bond acceptors (Lipinski definition) is 6. The highest BCUT2D eigenvalue weighted by molar-refractivity contribution is 5.91. The molecule has 0 saturated carbocycles. The molecule has 0 unspecified atom stereocenters. The zero-order chi connectivity index (χ0) is 25.4. The lowest BCUT2D eigenvalue weighted by Gasteiger charge is -2.26. The third kappa shape index (κ3) is 12.9. The maximum atomic E-state index is 12.3. The number of nitrogens with zero attached hydrogens (tertiary/aromatic N) is 5. The van der Waals surface area contributed by atoms with Crippen LogP contribution in [0.2, 0.25) is 0 Å². The van der Waals surface area contributed by atoms with E-state index in [0.29, 0.717) is 6.54 Å². The second-order valence-electron chi connectivity index (χ2n) is 7.65. The third-order valence-electron chi connectivity index (χ3n) is 4.45. The van der Waals surface area contributed by atoms with Gasteiger partial charge in [-0.05, 0) is 6.92 Å². The first-order valence-corrected chi connectivity index (χ1v) is 10.8. The van der Waals surface area contributed by atoms with Crippen molar-refractivity contribution in [3.63, 3.8) is 0 Å². The number of carbonyl (C=O) groups excluding carboxylic acids is 5. The van der Waals surface area contributed by atoms with Crippen LogP contribution in [0.1, 0.15) is 33.6 Å². The lowest BCUT2D eigenvalue weighted by atomic mass is 10.3. The second kappa shape index (κ2) is 16.9. The minimum absolute atomic E-state index is 0.0766. The van der Waals surface area contributed by atoms with Crippen molar-refractivity contribution in [2.24, 2.45) is 5.73 Å². The zero-order valence-electron chi connectivity index (χ0n) is 21.0. The molecule has 0 aliphatic carbocycles. The van der Waals surface area contributed by atoms with Crippen LogP contribution in [0.25, 0.3) is 0 Å². The average molecular weight is 459 g/mol. The molecule has 0 radical (unpaired) electrons. The first-order chi connectivity index (χ1) is 14.9. The summed E-state index contributed by atoms with van der Waals surface area (Å²) < 4.78 is 0. The summed E-state index contributed by atoms with van der Waals surface area (Å²) in [5, 5.41) is 0. The van der Waals surface area contributed by atoms with Crippen molar-refractivity contribution >= 4 is 29.5 Å². The predicted molar refractivity (Wildman–Crippen MR) is 123 cm³/mol. The van der Waals surface area contributed by atoms with Crippen LogP contribution in [0.15, 0.2) is 0 Å². The Hall–Kier alpha value is -2.69. The quantitative estimate of drug-likeness (QED) is 0.426. The first-order valence-electron chi connectivity index (χ1n) is 10.8. The molecule has 0 bridgehead atoms. The fraction of sp³-hybridized carbons (Fsp3) is 0.762. The minimum atomic E-state index is -0.435. The van der Waals surface area contributed by atoms with Gasteiger partial charge in [-0.1, -0.05) is 20.3 Å². The Morgan fingerprint density at radius 2 is 0.781 bits per heavy atom. The van der Waals surface area contributed by atoms with Gasteiger partial charge in [-0.3, -0.25) is 24.0 Å². The highest BCUT2D eigenvalue weighted by Crippen LogP contribution is 1.97. The van der Waals surface area contributed by atoms with E-state index in [4.69, 9.17) is 5.73 Å². The molecule has 0 aliphatic rings. The molecule has 0 aliphatic heterocycles. The van der Waals surface area contributed by atoms with Crippen LogP contribution in [0.3, 0.4) is 0 Å².